The Kier molecular flexibility index (Phi) is 4.64. The second-order valence-corrected chi connectivity index (χ2v) is 8.24. The molecular formula is C18H17BrN2O3S. The molecule has 1 unspecified atom stereocenters. The van der Waals surface area contributed by atoms with Crippen LogP contribution in [0.2, 0.25) is 0 Å². The lowest BCUT2D eigenvalue weighted by Crippen LogP contribution is -2.47. The molecule has 0 N–H and O–H groups in total. The van der Waals surface area contributed by atoms with Crippen molar-refractivity contribution in [2.24, 2.45) is 0 Å². The van der Waals surface area contributed by atoms with E-state index in [2.05, 4.69) is 32.5 Å². The minimum atomic E-state index is -1.10. The first kappa shape index (κ1) is 17.9. The molecule has 25 heavy (non-hydrogen) atoms. The van der Waals surface area contributed by atoms with E-state index in [4.69, 9.17) is 4.74 Å². The fourth-order valence-corrected chi connectivity index (χ4v) is 3.99. The van der Waals surface area contributed by atoms with E-state index in [0.717, 1.165) is 9.35 Å². The summed E-state index contributed by atoms with van der Waals surface area (Å²) in [5.41, 5.74) is 0.110. The van der Waals surface area contributed by atoms with E-state index in [1.807, 2.05) is 19.1 Å². The first-order valence-corrected chi connectivity index (χ1v) is 9.43. The highest BCUT2D eigenvalue weighted by molar-refractivity contribution is 9.10. The van der Waals surface area contributed by atoms with Crippen LogP contribution in [0.4, 0.5) is 0 Å². The Labute approximate surface area is 158 Å². The van der Waals surface area contributed by atoms with Crippen LogP contribution in [-0.2, 0) is 20.7 Å². The first-order valence-electron chi connectivity index (χ1n) is 7.82. The zero-order valence-electron chi connectivity index (χ0n) is 14.1. The van der Waals surface area contributed by atoms with Crippen molar-refractivity contribution in [3.63, 3.8) is 0 Å². The molecule has 1 aliphatic rings. The van der Waals surface area contributed by atoms with Crippen LogP contribution in [0.5, 0.6) is 0 Å². The molecule has 1 saturated heterocycles. The molecule has 5 nitrogen and oxygen atoms in total. The molecule has 3 rings (SSSR count). The lowest BCUT2D eigenvalue weighted by Gasteiger charge is -2.34. The van der Waals surface area contributed by atoms with Gasteiger partial charge in [0.15, 0.2) is 17.1 Å². The van der Waals surface area contributed by atoms with E-state index in [1.54, 1.807) is 20.0 Å². The van der Waals surface area contributed by atoms with E-state index >= 15 is 0 Å². The summed E-state index contributed by atoms with van der Waals surface area (Å²) in [6.07, 6.45) is 2.37. The molecule has 0 radical (unpaired) electrons. The highest BCUT2D eigenvalue weighted by atomic mass is 79.9. The molecule has 2 aromatic heterocycles. The lowest BCUT2D eigenvalue weighted by molar-refractivity contribution is -0.150. The van der Waals surface area contributed by atoms with Gasteiger partial charge in [0.25, 0.3) is 0 Å². The third-order valence-electron chi connectivity index (χ3n) is 4.04. The molecule has 7 heteroatoms. The standard InChI is InChI=1S/C18H17BrN2O3S/c1-5-12-14(13-15(22)9(2)24-18(3,4)16(13)23)21-17(25-12)11-7-6-10(19)8-20-11/h6-8,13H,2,5H2,1,3-4H3. The van der Waals surface area contributed by atoms with Crippen molar-refractivity contribution >= 4 is 38.8 Å². The molecule has 1 atom stereocenters. The number of carbonyl (C=O) groups excluding carboxylic acids is 2. The Morgan fingerprint density at radius 2 is 2.08 bits per heavy atom. The number of thiazole rings is 1. The zero-order valence-corrected chi connectivity index (χ0v) is 16.5. The Morgan fingerprint density at radius 1 is 1.36 bits per heavy atom. The summed E-state index contributed by atoms with van der Waals surface area (Å²) < 4.78 is 6.26. The average molecular weight is 421 g/mol. The molecule has 1 fully saturated rings. The Balaban J connectivity index is 2.09. The second-order valence-electron chi connectivity index (χ2n) is 6.24. The monoisotopic (exact) mass is 420 g/mol. The van der Waals surface area contributed by atoms with Crippen LogP contribution in [0.25, 0.3) is 10.7 Å². The van der Waals surface area contributed by atoms with E-state index in [0.29, 0.717) is 22.8 Å². The number of Topliss-reactive ketones (excluding diaryl/α,β-unsaturated/α-hetero) is 2. The van der Waals surface area contributed by atoms with Gasteiger partial charge >= 0.3 is 0 Å². The van der Waals surface area contributed by atoms with E-state index < -0.39 is 17.3 Å². The molecular weight excluding hydrogens is 404 g/mol. The van der Waals surface area contributed by atoms with Crippen molar-refractivity contribution in [3.8, 4) is 10.7 Å². The van der Waals surface area contributed by atoms with E-state index in [1.165, 1.54) is 11.3 Å². The first-order chi connectivity index (χ1) is 11.7. The van der Waals surface area contributed by atoms with Crippen LogP contribution < -0.4 is 0 Å². The van der Waals surface area contributed by atoms with E-state index in [9.17, 15) is 9.59 Å². The number of ketones is 2. The van der Waals surface area contributed by atoms with Gasteiger partial charge in [-0.25, -0.2) is 4.98 Å². The van der Waals surface area contributed by atoms with Crippen molar-refractivity contribution in [1.29, 1.82) is 0 Å². The number of carbonyl (C=O) groups is 2. The van der Waals surface area contributed by atoms with Crippen molar-refractivity contribution < 1.29 is 14.3 Å². The smallest absolute Gasteiger partial charge is 0.213 e. The number of aromatic nitrogens is 2. The van der Waals surface area contributed by atoms with Gasteiger partial charge in [-0.2, -0.15) is 0 Å². The Morgan fingerprint density at radius 3 is 2.68 bits per heavy atom. The van der Waals surface area contributed by atoms with Gasteiger partial charge in [-0.05, 0) is 48.3 Å². The van der Waals surface area contributed by atoms with Crippen LogP contribution in [0.1, 0.15) is 37.3 Å². The summed E-state index contributed by atoms with van der Waals surface area (Å²) in [5, 5.41) is 0.690. The van der Waals surface area contributed by atoms with Gasteiger partial charge in [0.2, 0.25) is 5.78 Å². The largest absolute Gasteiger partial charge is 0.477 e. The fourth-order valence-electron chi connectivity index (χ4n) is 2.74. The molecule has 0 bridgehead atoms. The number of ether oxygens (including phenoxy) is 1. The number of pyridine rings is 1. The van der Waals surface area contributed by atoms with Gasteiger partial charge in [-0.15, -0.1) is 11.3 Å². The van der Waals surface area contributed by atoms with Crippen molar-refractivity contribution in [2.75, 3.05) is 0 Å². The van der Waals surface area contributed by atoms with Crippen LogP contribution in [0, 0.1) is 0 Å². The number of aryl methyl sites for hydroxylation is 1. The lowest BCUT2D eigenvalue weighted by atomic mass is 9.82. The Bertz CT molecular complexity index is 871. The van der Waals surface area contributed by atoms with Gasteiger partial charge in [0.05, 0.1) is 11.4 Å². The van der Waals surface area contributed by atoms with Gasteiger partial charge < -0.3 is 4.74 Å². The Hall–Kier alpha value is -1.86. The number of halogens is 1. The highest BCUT2D eigenvalue weighted by Crippen LogP contribution is 2.39. The van der Waals surface area contributed by atoms with Crippen LogP contribution in [0.3, 0.4) is 0 Å². The number of nitrogens with zero attached hydrogens (tertiary/aromatic N) is 2. The van der Waals surface area contributed by atoms with Crippen LogP contribution in [-0.4, -0.2) is 27.1 Å². The summed E-state index contributed by atoms with van der Waals surface area (Å²) in [7, 11) is 0. The molecule has 0 aliphatic carbocycles. The topological polar surface area (TPSA) is 69.2 Å². The number of rotatable bonds is 3. The molecule has 1 aliphatic heterocycles. The molecule has 130 valence electrons. The third kappa shape index (κ3) is 3.18. The third-order valence-corrected chi connectivity index (χ3v) is 5.75. The minimum Gasteiger partial charge on any atom is -0.477 e. The molecule has 0 spiro atoms. The highest BCUT2D eigenvalue weighted by Gasteiger charge is 2.48. The summed E-state index contributed by atoms with van der Waals surface area (Å²) in [6.45, 7) is 8.94. The minimum absolute atomic E-state index is 0.00738. The maximum Gasteiger partial charge on any atom is 0.213 e. The summed E-state index contributed by atoms with van der Waals surface area (Å²) in [5.74, 6) is -1.67. The maximum absolute atomic E-state index is 12.8. The van der Waals surface area contributed by atoms with Gasteiger partial charge in [-0.1, -0.05) is 13.5 Å². The molecule has 0 saturated carbocycles. The predicted octanol–water partition coefficient (Wildman–Crippen LogP) is 4.07. The van der Waals surface area contributed by atoms with Gasteiger partial charge in [-0.3, -0.25) is 14.6 Å². The SMILES string of the molecule is C=C1OC(C)(C)C(=O)C(c2nc(-c3ccc(Br)cn3)sc2CC)C1=O. The summed E-state index contributed by atoms with van der Waals surface area (Å²) in [6, 6.07) is 3.73. The zero-order chi connectivity index (χ0) is 18.4. The average Bonchev–Trinajstić information content (AvgIpc) is 2.98. The van der Waals surface area contributed by atoms with Crippen molar-refractivity contribution in [1.82, 2.24) is 9.97 Å². The quantitative estimate of drug-likeness (QED) is 0.552. The van der Waals surface area contributed by atoms with Crippen LogP contribution in [0.15, 0.2) is 35.1 Å². The summed E-state index contributed by atoms with van der Waals surface area (Å²) >= 11 is 4.81. The van der Waals surface area contributed by atoms with E-state index in [-0.39, 0.29) is 11.5 Å². The molecule has 0 aromatic carbocycles. The van der Waals surface area contributed by atoms with Gasteiger partial charge in [0, 0.05) is 15.5 Å². The second kappa shape index (κ2) is 6.46. The summed E-state index contributed by atoms with van der Waals surface area (Å²) in [4.78, 5) is 35.3. The fraction of sp³-hybridized carbons (Fsp3) is 0.333. The normalized spacial score (nSPS) is 19.8. The molecule has 3 heterocycles. The number of allylic oxidation sites excluding steroid dienone is 1. The van der Waals surface area contributed by atoms with Crippen LogP contribution >= 0.6 is 27.3 Å². The predicted molar refractivity (Wildman–Crippen MR) is 99.5 cm³/mol. The molecule has 0 amide bonds. The number of hydrogen-bond acceptors (Lipinski definition) is 6. The van der Waals surface area contributed by atoms with Crippen molar-refractivity contribution in [2.45, 2.75) is 38.7 Å². The van der Waals surface area contributed by atoms with Crippen molar-refractivity contribution in [3.05, 3.63) is 45.7 Å². The maximum atomic E-state index is 12.8. The van der Waals surface area contributed by atoms with Gasteiger partial charge in [0.1, 0.15) is 10.9 Å². The number of hydrogen-bond donors (Lipinski definition) is 0. The molecule has 2 aromatic rings.